The van der Waals surface area contributed by atoms with Gasteiger partial charge in [-0.2, -0.15) is 0 Å². The summed E-state index contributed by atoms with van der Waals surface area (Å²) < 4.78 is 26.3. The van der Waals surface area contributed by atoms with Gasteiger partial charge in [0, 0.05) is 13.1 Å². The predicted octanol–water partition coefficient (Wildman–Crippen LogP) is 0.642. The number of hydrogen-bond acceptors (Lipinski definition) is 3. The molecule has 0 aliphatic carbocycles. The summed E-state index contributed by atoms with van der Waals surface area (Å²) in [7, 11) is 0. The fourth-order valence-corrected chi connectivity index (χ4v) is 2.09. The number of likely N-dealkylation sites (tertiary alicyclic amines) is 1. The lowest BCUT2D eigenvalue weighted by atomic mass is 10.3. The third-order valence-electron chi connectivity index (χ3n) is 3.26. The van der Waals surface area contributed by atoms with E-state index in [1.54, 1.807) is 4.90 Å². The number of carbonyl (C=O) groups excluding carboxylic acids is 3. The quantitative estimate of drug-likeness (QED) is 0.804. The van der Waals surface area contributed by atoms with Crippen LogP contribution in [0.2, 0.25) is 0 Å². The Hall–Kier alpha value is -2.51. The van der Waals surface area contributed by atoms with Crippen LogP contribution < -0.4 is 10.6 Å². The molecule has 0 unspecified atom stereocenters. The van der Waals surface area contributed by atoms with Gasteiger partial charge in [0.15, 0.2) is 11.6 Å². The van der Waals surface area contributed by atoms with Crippen molar-refractivity contribution in [1.82, 2.24) is 10.2 Å². The Morgan fingerprint density at radius 3 is 2.45 bits per heavy atom. The summed E-state index contributed by atoms with van der Waals surface area (Å²) in [6, 6.07) is 3.21. The number of anilines is 1. The highest BCUT2D eigenvalue weighted by Gasteiger charge is 2.21. The molecule has 8 heteroatoms. The number of carbonyl (C=O) groups is 3. The highest BCUT2D eigenvalue weighted by Crippen LogP contribution is 2.16. The lowest BCUT2D eigenvalue weighted by molar-refractivity contribution is -0.138. The van der Waals surface area contributed by atoms with Crippen LogP contribution in [0.25, 0.3) is 0 Å². The molecule has 1 aromatic carbocycles. The fraction of sp³-hybridized carbons (Fsp3) is 0.357. The Labute approximate surface area is 125 Å². The third kappa shape index (κ3) is 3.78. The normalized spacial score (nSPS) is 13.8. The van der Waals surface area contributed by atoms with E-state index in [0.717, 1.165) is 25.0 Å². The highest BCUT2D eigenvalue weighted by molar-refractivity contribution is 6.39. The van der Waals surface area contributed by atoms with Crippen LogP contribution in [0.3, 0.4) is 0 Å². The van der Waals surface area contributed by atoms with Gasteiger partial charge < -0.3 is 15.5 Å². The van der Waals surface area contributed by atoms with E-state index in [4.69, 9.17) is 0 Å². The molecule has 22 heavy (non-hydrogen) atoms. The lowest BCUT2D eigenvalue weighted by Crippen LogP contribution is -2.42. The van der Waals surface area contributed by atoms with Crippen LogP contribution in [0.1, 0.15) is 12.8 Å². The van der Waals surface area contributed by atoms with Crippen molar-refractivity contribution in [3.63, 3.8) is 0 Å². The first kappa shape index (κ1) is 15.9. The van der Waals surface area contributed by atoms with Gasteiger partial charge in [0.25, 0.3) is 0 Å². The number of halogens is 2. The van der Waals surface area contributed by atoms with Crippen LogP contribution in [0, 0.1) is 11.6 Å². The molecule has 0 aromatic heterocycles. The Bertz CT molecular complexity index is 601. The number of nitrogens with one attached hydrogen (secondary N) is 2. The second-order valence-electron chi connectivity index (χ2n) is 4.83. The molecule has 0 atom stereocenters. The SMILES string of the molecule is O=C(NCC(=O)N1CCCC1)C(=O)Nc1cccc(F)c1F. The molecule has 118 valence electrons. The number of rotatable bonds is 3. The molecule has 1 aliphatic rings. The van der Waals surface area contributed by atoms with Crippen molar-refractivity contribution in [2.24, 2.45) is 0 Å². The molecule has 0 radical (unpaired) electrons. The van der Waals surface area contributed by atoms with E-state index >= 15 is 0 Å². The summed E-state index contributed by atoms with van der Waals surface area (Å²) in [5.41, 5.74) is -0.439. The number of hydrogen-bond donors (Lipinski definition) is 2. The lowest BCUT2D eigenvalue weighted by Gasteiger charge is -2.15. The maximum absolute atomic E-state index is 13.4. The summed E-state index contributed by atoms with van der Waals surface area (Å²) >= 11 is 0. The molecule has 3 amide bonds. The summed E-state index contributed by atoms with van der Waals surface area (Å²) in [5, 5.41) is 4.11. The smallest absolute Gasteiger partial charge is 0.313 e. The van der Waals surface area contributed by atoms with E-state index in [0.29, 0.717) is 13.1 Å². The Morgan fingerprint density at radius 1 is 1.09 bits per heavy atom. The molecule has 1 heterocycles. The second kappa shape index (κ2) is 6.97. The second-order valence-corrected chi connectivity index (χ2v) is 4.83. The van der Waals surface area contributed by atoms with Crippen LogP contribution >= 0.6 is 0 Å². The van der Waals surface area contributed by atoms with Crippen molar-refractivity contribution >= 4 is 23.4 Å². The van der Waals surface area contributed by atoms with Crippen molar-refractivity contribution in [2.45, 2.75) is 12.8 Å². The van der Waals surface area contributed by atoms with Gasteiger partial charge in [0.2, 0.25) is 5.91 Å². The Morgan fingerprint density at radius 2 is 1.77 bits per heavy atom. The minimum absolute atomic E-state index is 0.282. The Kier molecular flexibility index (Phi) is 5.03. The first-order valence-corrected chi connectivity index (χ1v) is 6.80. The van der Waals surface area contributed by atoms with Gasteiger partial charge in [-0.3, -0.25) is 14.4 Å². The molecule has 1 fully saturated rings. The van der Waals surface area contributed by atoms with Crippen molar-refractivity contribution < 1.29 is 23.2 Å². The van der Waals surface area contributed by atoms with Crippen LogP contribution in [0.4, 0.5) is 14.5 Å². The molecular weight excluding hydrogens is 296 g/mol. The summed E-state index contributed by atoms with van der Waals surface area (Å²) in [5.74, 6) is -4.93. The van der Waals surface area contributed by atoms with Crippen molar-refractivity contribution in [1.29, 1.82) is 0 Å². The minimum atomic E-state index is -1.25. The number of amides is 3. The molecule has 2 rings (SSSR count). The zero-order valence-electron chi connectivity index (χ0n) is 11.7. The van der Waals surface area contributed by atoms with E-state index < -0.39 is 29.1 Å². The zero-order chi connectivity index (χ0) is 16.1. The molecule has 0 spiro atoms. The van der Waals surface area contributed by atoms with E-state index in [1.807, 2.05) is 5.32 Å². The molecule has 0 bridgehead atoms. The minimum Gasteiger partial charge on any atom is -0.341 e. The molecule has 0 saturated carbocycles. The molecular formula is C14H15F2N3O3. The average molecular weight is 311 g/mol. The molecule has 6 nitrogen and oxygen atoms in total. The van der Waals surface area contributed by atoms with E-state index in [1.165, 1.54) is 6.07 Å². The van der Waals surface area contributed by atoms with Crippen molar-refractivity contribution in [3.05, 3.63) is 29.8 Å². The van der Waals surface area contributed by atoms with E-state index in [2.05, 4.69) is 5.32 Å². The Balaban J connectivity index is 1.85. The van der Waals surface area contributed by atoms with Gasteiger partial charge in [0.1, 0.15) is 0 Å². The molecule has 1 aromatic rings. The first-order chi connectivity index (χ1) is 10.5. The van der Waals surface area contributed by atoms with Crippen LogP contribution in [0.15, 0.2) is 18.2 Å². The van der Waals surface area contributed by atoms with Gasteiger partial charge in [0.05, 0.1) is 12.2 Å². The monoisotopic (exact) mass is 311 g/mol. The summed E-state index contributed by atoms with van der Waals surface area (Å²) in [6.07, 6.45) is 1.83. The highest BCUT2D eigenvalue weighted by atomic mass is 19.2. The van der Waals surface area contributed by atoms with Crippen molar-refractivity contribution in [2.75, 3.05) is 25.0 Å². The number of nitrogens with zero attached hydrogens (tertiary/aromatic N) is 1. The summed E-state index contributed by atoms with van der Waals surface area (Å²) in [4.78, 5) is 36.4. The molecule has 1 saturated heterocycles. The number of benzene rings is 1. The van der Waals surface area contributed by atoms with Crippen LogP contribution in [-0.4, -0.2) is 42.3 Å². The molecule has 1 aliphatic heterocycles. The van der Waals surface area contributed by atoms with E-state index in [-0.39, 0.29) is 12.5 Å². The third-order valence-corrected chi connectivity index (χ3v) is 3.26. The van der Waals surface area contributed by atoms with Crippen molar-refractivity contribution in [3.8, 4) is 0 Å². The van der Waals surface area contributed by atoms with E-state index in [9.17, 15) is 23.2 Å². The standard InChI is InChI=1S/C14H15F2N3O3/c15-9-4-3-5-10(12(9)16)18-14(22)13(21)17-8-11(20)19-6-1-2-7-19/h3-5H,1-2,6-8H2,(H,17,21)(H,18,22). The zero-order valence-corrected chi connectivity index (χ0v) is 11.7. The van der Waals surface area contributed by atoms with Crippen LogP contribution in [0.5, 0.6) is 0 Å². The van der Waals surface area contributed by atoms with Gasteiger partial charge in [-0.05, 0) is 25.0 Å². The maximum Gasteiger partial charge on any atom is 0.313 e. The fourth-order valence-electron chi connectivity index (χ4n) is 2.09. The average Bonchev–Trinajstić information content (AvgIpc) is 3.03. The maximum atomic E-state index is 13.4. The van der Waals surface area contributed by atoms with Gasteiger partial charge in [-0.25, -0.2) is 8.78 Å². The van der Waals surface area contributed by atoms with Gasteiger partial charge in [-0.15, -0.1) is 0 Å². The van der Waals surface area contributed by atoms with Gasteiger partial charge in [-0.1, -0.05) is 6.07 Å². The van der Waals surface area contributed by atoms with Gasteiger partial charge >= 0.3 is 11.8 Å². The molecule has 2 N–H and O–H groups in total. The summed E-state index contributed by atoms with van der Waals surface area (Å²) in [6.45, 7) is 0.961. The topological polar surface area (TPSA) is 78.5 Å². The predicted molar refractivity (Wildman–Crippen MR) is 73.8 cm³/mol. The van der Waals surface area contributed by atoms with Crippen LogP contribution in [-0.2, 0) is 14.4 Å². The largest absolute Gasteiger partial charge is 0.341 e. The first-order valence-electron chi connectivity index (χ1n) is 6.80.